The highest BCUT2D eigenvalue weighted by atomic mass is 79.9. The molecular formula is C20H15Br. The predicted molar refractivity (Wildman–Crippen MR) is 91.6 cm³/mol. The molecule has 0 N–H and O–H groups in total. The Bertz CT molecular complexity index is 820. The van der Waals surface area contributed by atoms with Gasteiger partial charge in [0.25, 0.3) is 0 Å². The van der Waals surface area contributed by atoms with Crippen LogP contribution in [0.25, 0.3) is 11.1 Å². The van der Waals surface area contributed by atoms with Gasteiger partial charge in [-0.3, -0.25) is 0 Å². The minimum atomic E-state index is -0.0863. The van der Waals surface area contributed by atoms with Gasteiger partial charge in [-0.2, -0.15) is 0 Å². The van der Waals surface area contributed by atoms with Gasteiger partial charge in [0.2, 0.25) is 0 Å². The average Bonchev–Trinajstić information content (AvgIpc) is 2.79. The monoisotopic (exact) mass is 334 g/mol. The van der Waals surface area contributed by atoms with Gasteiger partial charge in [-0.15, -0.1) is 0 Å². The zero-order valence-corrected chi connectivity index (χ0v) is 13.4. The molecule has 1 atom stereocenters. The van der Waals surface area contributed by atoms with Gasteiger partial charge >= 0.3 is 0 Å². The minimum absolute atomic E-state index is 0.0863. The summed E-state index contributed by atoms with van der Waals surface area (Å²) >= 11 is 3.63. The molecule has 0 nitrogen and oxygen atoms in total. The van der Waals surface area contributed by atoms with Crippen LogP contribution in [-0.4, -0.2) is 0 Å². The van der Waals surface area contributed by atoms with Crippen LogP contribution < -0.4 is 0 Å². The van der Waals surface area contributed by atoms with E-state index in [4.69, 9.17) is 0 Å². The van der Waals surface area contributed by atoms with Crippen LogP contribution in [0.5, 0.6) is 0 Å². The van der Waals surface area contributed by atoms with E-state index in [1.165, 1.54) is 27.8 Å². The van der Waals surface area contributed by atoms with E-state index in [-0.39, 0.29) is 5.41 Å². The molecule has 0 aromatic heterocycles. The van der Waals surface area contributed by atoms with Crippen molar-refractivity contribution in [1.29, 1.82) is 0 Å². The number of hydrogen-bond acceptors (Lipinski definition) is 0. The summed E-state index contributed by atoms with van der Waals surface area (Å²) in [4.78, 5) is 0. The first-order chi connectivity index (χ1) is 10.2. The van der Waals surface area contributed by atoms with Crippen molar-refractivity contribution in [2.45, 2.75) is 12.3 Å². The normalized spacial score (nSPS) is 19.1. The topological polar surface area (TPSA) is 0 Å². The summed E-state index contributed by atoms with van der Waals surface area (Å²) in [5.41, 5.74) is 6.73. The van der Waals surface area contributed by atoms with Crippen LogP contribution in [0, 0.1) is 0 Å². The summed E-state index contributed by atoms with van der Waals surface area (Å²) in [6.45, 7) is 2.33. The maximum Gasteiger partial charge on any atom is 0.0435 e. The molecule has 1 unspecified atom stereocenters. The minimum Gasteiger partial charge on any atom is -0.0622 e. The Morgan fingerprint density at radius 1 is 0.714 bits per heavy atom. The Morgan fingerprint density at radius 3 is 2.19 bits per heavy atom. The van der Waals surface area contributed by atoms with E-state index >= 15 is 0 Å². The molecule has 21 heavy (non-hydrogen) atoms. The van der Waals surface area contributed by atoms with Crippen LogP contribution in [0.1, 0.15) is 23.6 Å². The second-order valence-electron chi connectivity index (χ2n) is 5.73. The van der Waals surface area contributed by atoms with Crippen LogP contribution in [0.15, 0.2) is 77.3 Å². The molecule has 0 bridgehead atoms. The van der Waals surface area contributed by atoms with Crippen LogP contribution in [-0.2, 0) is 5.41 Å². The zero-order valence-electron chi connectivity index (χ0n) is 11.8. The third-order valence-corrected chi connectivity index (χ3v) is 5.12. The van der Waals surface area contributed by atoms with Gasteiger partial charge in [0.15, 0.2) is 0 Å². The summed E-state index contributed by atoms with van der Waals surface area (Å²) < 4.78 is 1.14. The summed E-state index contributed by atoms with van der Waals surface area (Å²) in [5, 5.41) is 0. The van der Waals surface area contributed by atoms with Crippen molar-refractivity contribution in [2.24, 2.45) is 0 Å². The molecule has 0 saturated carbocycles. The summed E-state index contributed by atoms with van der Waals surface area (Å²) in [5.74, 6) is 0. The maximum atomic E-state index is 3.63. The number of rotatable bonds is 1. The predicted octanol–water partition coefficient (Wildman–Crippen LogP) is 5.78. The Labute approximate surface area is 133 Å². The molecule has 0 heterocycles. The highest BCUT2D eigenvalue weighted by molar-refractivity contribution is 9.10. The summed E-state index contributed by atoms with van der Waals surface area (Å²) in [7, 11) is 0. The second kappa shape index (κ2) is 4.57. The number of fused-ring (bicyclic) bond motifs is 3. The first kappa shape index (κ1) is 12.8. The molecule has 102 valence electrons. The molecule has 0 saturated heterocycles. The first-order valence-electron chi connectivity index (χ1n) is 7.17. The van der Waals surface area contributed by atoms with Gasteiger partial charge in [-0.25, -0.2) is 0 Å². The SMILES string of the molecule is CC1(c2ccccc2)c2ccccc2-c2ccc(Br)cc21. The maximum absolute atomic E-state index is 3.63. The fraction of sp³-hybridized carbons (Fsp3) is 0.100. The van der Waals surface area contributed by atoms with E-state index in [0.717, 1.165) is 4.47 Å². The largest absolute Gasteiger partial charge is 0.0622 e. The molecule has 0 radical (unpaired) electrons. The number of benzene rings is 3. The molecule has 0 aliphatic heterocycles. The molecular weight excluding hydrogens is 320 g/mol. The fourth-order valence-corrected chi connectivity index (χ4v) is 3.91. The van der Waals surface area contributed by atoms with E-state index in [2.05, 4.69) is 95.7 Å². The Balaban J connectivity index is 2.10. The average molecular weight is 335 g/mol. The highest BCUT2D eigenvalue weighted by Crippen LogP contribution is 2.52. The van der Waals surface area contributed by atoms with Crippen LogP contribution in [0.4, 0.5) is 0 Å². The van der Waals surface area contributed by atoms with E-state index in [9.17, 15) is 0 Å². The lowest BCUT2D eigenvalue weighted by atomic mass is 9.74. The molecule has 1 heteroatoms. The van der Waals surface area contributed by atoms with E-state index in [1.807, 2.05) is 0 Å². The van der Waals surface area contributed by atoms with Crippen molar-refractivity contribution < 1.29 is 0 Å². The van der Waals surface area contributed by atoms with E-state index in [0.29, 0.717) is 0 Å². The molecule has 0 fully saturated rings. The molecule has 0 amide bonds. The van der Waals surface area contributed by atoms with Gasteiger partial charge in [0.05, 0.1) is 0 Å². The Morgan fingerprint density at radius 2 is 1.38 bits per heavy atom. The van der Waals surface area contributed by atoms with Crippen molar-refractivity contribution in [2.75, 3.05) is 0 Å². The van der Waals surface area contributed by atoms with Gasteiger partial charge in [0.1, 0.15) is 0 Å². The van der Waals surface area contributed by atoms with Gasteiger partial charge in [-0.05, 0) is 46.9 Å². The lowest BCUT2D eigenvalue weighted by Gasteiger charge is -2.28. The van der Waals surface area contributed by atoms with Gasteiger partial charge in [0, 0.05) is 9.89 Å². The van der Waals surface area contributed by atoms with Gasteiger partial charge < -0.3 is 0 Å². The molecule has 3 aromatic rings. The smallest absolute Gasteiger partial charge is 0.0435 e. The second-order valence-corrected chi connectivity index (χ2v) is 6.64. The lowest BCUT2D eigenvalue weighted by Crippen LogP contribution is -2.22. The molecule has 1 aliphatic carbocycles. The van der Waals surface area contributed by atoms with Crippen LogP contribution in [0.3, 0.4) is 0 Å². The Kier molecular flexibility index (Phi) is 2.80. The van der Waals surface area contributed by atoms with E-state index < -0.39 is 0 Å². The Hall–Kier alpha value is -1.86. The van der Waals surface area contributed by atoms with Crippen molar-refractivity contribution >= 4 is 15.9 Å². The van der Waals surface area contributed by atoms with E-state index in [1.54, 1.807) is 0 Å². The first-order valence-corrected chi connectivity index (χ1v) is 7.96. The number of hydrogen-bond donors (Lipinski definition) is 0. The summed E-state index contributed by atoms with van der Waals surface area (Å²) in [6.07, 6.45) is 0. The number of halogens is 1. The quantitative estimate of drug-likeness (QED) is 0.528. The van der Waals surface area contributed by atoms with Crippen molar-refractivity contribution in [3.63, 3.8) is 0 Å². The van der Waals surface area contributed by atoms with Gasteiger partial charge in [-0.1, -0.05) is 76.6 Å². The molecule has 0 spiro atoms. The summed E-state index contributed by atoms with van der Waals surface area (Å²) in [6, 6.07) is 26.2. The van der Waals surface area contributed by atoms with Crippen LogP contribution >= 0.6 is 15.9 Å². The third kappa shape index (κ3) is 1.74. The van der Waals surface area contributed by atoms with Crippen molar-refractivity contribution in [3.05, 3.63) is 94.0 Å². The molecule has 4 rings (SSSR count). The van der Waals surface area contributed by atoms with Crippen molar-refractivity contribution in [3.8, 4) is 11.1 Å². The highest BCUT2D eigenvalue weighted by Gasteiger charge is 2.40. The van der Waals surface area contributed by atoms with Crippen molar-refractivity contribution in [1.82, 2.24) is 0 Å². The third-order valence-electron chi connectivity index (χ3n) is 4.63. The standard InChI is InChI=1S/C20H15Br/c1-20(14-7-3-2-4-8-14)18-10-6-5-9-16(18)17-12-11-15(21)13-19(17)20/h2-13H,1H3. The molecule has 1 aliphatic rings. The van der Waals surface area contributed by atoms with Crippen LogP contribution in [0.2, 0.25) is 0 Å². The zero-order chi connectivity index (χ0) is 14.4. The molecule has 3 aromatic carbocycles. The fourth-order valence-electron chi connectivity index (χ4n) is 3.55. The lowest BCUT2D eigenvalue weighted by molar-refractivity contribution is 0.713.